The molecule has 0 saturated heterocycles. The van der Waals surface area contributed by atoms with Crippen molar-refractivity contribution in [3.63, 3.8) is 0 Å². The van der Waals surface area contributed by atoms with E-state index in [-0.39, 0.29) is 5.56 Å². The van der Waals surface area contributed by atoms with Crippen LogP contribution in [0.25, 0.3) is 0 Å². The Labute approximate surface area is 169 Å². The Hall–Kier alpha value is -3.55. The van der Waals surface area contributed by atoms with Crippen LogP contribution in [-0.4, -0.2) is 38.2 Å². The number of rotatable bonds is 8. The van der Waals surface area contributed by atoms with Crippen LogP contribution in [0.15, 0.2) is 48.5 Å². The lowest BCUT2D eigenvalue weighted by Crippen LogP contribution is -2.37. The molecule has 8 heteroatoms. The summed E-state index contributed by atoms with van der Waals surface area (Å²) in [6, 6.07) is 12.2. The van der Waals surface area contributed by atoms with E-state index < -0.39 is 24.5 Å². The molecule has 3 amide bonds. The van der Waals surface area contributed by atoms with Gasteiger partial charge in [0.25, 0.3) is 5.91 Å². The summed E-state index contributed by atoms with van der Waals surface area (Å²) in [4.78, 5) is 35.6. The van der Waals surface area contributed by atoms with Crippen molar-refractivity contribution < 1.29 is 28.6 Å². The van der Waals surface area contributed by atoms with Crippen molar-refractivity contribution in [2.45, 2.75) is 13.8 Å². The van der Waals surface area contributed by atoms with Gasteiger partial charge >= 0.3 is 12.0 Å². The number of hydrogen-bond donors (Lipinski definition) is 2. The number of amides is 3. The number of methoxy groups -OCH3 is 1. The Balaban J connectivity index is 1.75. The minimum Gasteiger partial charge on any atom is -0.497 e. The van der Waals surface area contributed by atoms with Gasteiger partial charge in [0.2, 0.25) is 0 Å². The van der Waals surface area contributed by atoms with E-state index in [4.69, 9.17) is 14.2 Å². The molecule has 0 atom stereocenters. The zero-order chi connectivity index (χ0) is 21.2. The molecule has 0 saturated carbocycles. The van der Waals surface area contributed by atoms with E-state index in [1.807, 2.05) is 13.8 Å². The first-order valence-electron chi connectivity index (χ1n) is 9.02. The fourth-order valence-corrected chi connectivity index (χ4v) is 2.16. The third-order valence-corrected chi connectivity index (χ3v) is 3.61. The summed E-state index contributed by atoms with van der Waals surface area (Å²) in [6.07, 6.45) is 0. The highest BCUT2D eigenvalue weighted by Crippen LogP contribution is 2.15. The van der Waals surface area contributed by atoms with Crippen LogP contribution in [0, 0.1) is 5.92 Å². The number of nitrogens with one attached hydrogen (secondary N) is 2. The molecule has 0 unspecified atom stereocenters. The normalized spacial score (nSPS) is 10.2. The highest BCUT2D eigenvalue weighted by molar-refractivity contribution is 6.02. The molecule has 8 nitrogen and oxygen atoms in total. The summed E-state index contributed by atoms with van der Waals surface area (Å²) in [6.45, 7) is 4.06. The van der Waals surface area contributed by atoms with Crippen molar-refractivity contribution in [3.05, 3.63) is 54.1 Å². The van der Waals surface area contributed by atoms with Gasteiger partial charge in [-0.2, -0.15) is 0 Å². The molecule has 0 heterocycles. The SMILES string of the molecule is COc1ccc(NC(=O)NC(=O)COC(=O)c2ccc(OCC(C)C)cc2)cc1. The van der Waals surface area contributed by atoms with Crippen molar-refractivity contribution >= 4 is 23.6 Å². The molecule has 0 bridgehead atoms. The minimum atomic E-state index is -0.749. The van der Waals surface area contributed by atoms with Crippen molar-refractivity contribution in [2.75, 3.05) is 25.6 Å². The summed E-state index contributed by atoms with van der Waals surface area (Å²) in [7, 11) is 1.53. The molecule has 154 valence electrons. The van der Waals surface area contributed by atoms with Gasteiger partial charge in [-0.1, -0.05) is 13.8 Å². The van der Waals surface area contributed by atoms with Gasteiger partial charge in [-0.25, -0.2) is 9.59 Å². The van der Waals surface area contributed by atoms with Crippen LogP contribution < -0.4 is 20.1 Å². The second-order valence-corrected chi connectivity index (χ2v) is 6.54. The molecule has 2 N–H and O–H groups in total. The van der Waals surface area contributed by atoms with Gasteiger partial charge in [0.15, 0.2) is 6.61 Å². The highest BCUT2D eigenvalue weighted by Gasteiger charge is 2.13. The van der Waals surface area contributed by atoms with Crippen LogP contribution in [0.5, 0.6) is 11.5 Å². The molecular weight excluding hydrogens is 376 g/mol. The van der Waals surface area contributed by atoms with E-state index in [9.17, 15) is 14.4 Å². The van der Waals surface area contributed by atoms with Gasteiger partial charge in [0.05, 0.1) is 19.3 Å². The van der Waals surface area contributed by atoms with Crippen LogP contribution in [0.1, 0.15) is 24.2 Å². The minimum absolute atomic E-state index is 0.275. The van der Waals surface area contributed by atoms with Crippen LogP contribution in [0.3, 0.4) is 0 Å². The van der Waals surface area contributed by atoms with Gasteiger partial charge in [0, 0.05) is 5.69 Å². The predicted molar refractivity (Wildman–Crippen MR) is 107 cm³/mol. The largest absolute Gasteiger partial charge is 0.497 e. The molecule has 0 spiro atoms. The summed E-state index contributed by atoms with van der Waals surface area (Å²) in [5.74, 6) is 0.245. The molecular formula is C21H24N2O6. The smallest absolute Gasteiger partial charge is 0.338 e. The van der Waals surface area contributed by atoms with Gasteiger partial charge in [-0.3, -0.25) is 10.1 Å². The lowest BCUT2D eigenvalue weighted by atomic mass is 10.2. The molecule has 0 aliphatic rings. The van der Waals surface area contributed by atoms with Crippen LogP contribution in [0.2, 0.25) is 0 Å². The third kappa shape index (κ3) is 7.53. The Kier molecular flexibility index (Phi) is 8.02. The number of carbonyl (C=O) groups excluding carboxylic acids is 3. The zero-order valence-electron chi connectivity index (χ0n) is 16.6. The first-order chi connectivity index (χ1) is 13.9. The average Bonchev–Trinajstić information content (AvgIpc) is 2.71. The first-order valence-corrected chi connectivity index (χ1v) is 9.02. The van der Waals surface area contributed by atoms with Gasteiger partial charge < -0.3 is 19.5 Å². The molecule has 29 heavy (non-hydrogen) atoms. The van der Waals surface area contributed by atoms with E-state index in [0.717, 1.165) is 0 Å². The number of carbonyl (C=O) groups is 3. The molecule has 0 aromatic heterocycles. The topological polar surface area (TPSA) is 103 Å². The van der Waals surface area contributed by atoms with Gasteiger partial charge in [0.1, 0.15) is 11.5 Å². The molecule has 0 aliphatic carbocycles. The predicted octanol–water partition coefficient (Wildman–Crippen LogP) is 3.24. The number of anilines is 1. The van der Waals surface area contributed by atoms with Crippen LogP contribution in [-0.2, 0) is 9.53 Å². The molecule has 2 aromatic rings. The Morgan fingerprint density at radius 3 is 2.14 bits per heavy atom. The lowest BCUT2D eigenvalue weighted by molar-refractivity contribution is -0.123. The van der Waals surface area contributed by atoms with Crippen molar-refractivity contribution in [1.29, 1.82) is 0 Å². The van der Waals surface area contributed by atoms with E-state index in [0.29, 0.717) is 29.7 Å². The Bertz CT molecular complexity index is 831. The maximum atomic E-state index is 12.0. The number of esters is 1. The first kappa shape index (κ1) is 21.7. The van der Waals surface area contributed by atoms with Crippen molar-refractivity contribution in [2.24, 2.45) is 5.92 Å². The summed E-state index contributed by atoms with van der Waals surface area (Å²) in [5.41, 5.74) is 0.755. The molecule has 0 aliphatic heterocycles. The second-order valence-electron chi connectivity index (χ2n) is 6.54. The molecule has 2 rings (SSSR count). The fraction of sp³-hybridized carbons (Fsp3) is 0.286. The molecule has 0 fully saturated rings. The quantitative estimate of drug-likeness (QED) is 0.660. The maximum Gasteiger partial charge on any atom is 0.338 e. The highest BCUT2D eigenvalue weighted by atomic mass is 16.5. The summed E-state index contributed by atoms with van der Waals surface area (Å²) in [5, 5.41) is 4.57. The number of ether oxygens (including phenoxy) is 3. The number of urea groups is 1. The van der Waals surface area contributed by atoms with E-state index in [1.165, 1.54) is 7.11 Å². The standard InChI is InChI=1S/C21H24N2O6/c1-14(2)12-28-18-8-4-15(5-9-18)20(25)29-13-19(24)23-21(26)22-16-6-10-17(27-3)11-7-16/h4-11,14H,12-13H2,1-3H3,(H2,22,23,24,26). The monoisotopic (exact) mass is 400 g/mol. The third-order valence-electron chi connectivity index (χ3n) is 3.61. The van der Waals surface area contributed by atoms with Gasteiger partial charge in [-0.15, -0.1) is 0 Å². The maximum absolute atomic E-state index is 12.0. The van der Waals surface area contributed by atoms with E-state index in [2.05, 4.69) is 10.6 Å². The summed E-state index contributed by atoms with van der Waals surface area (Å²) >= 11 is 0. The Morgan fingerprint density at radius 1 is 0.931 bits per heavy atom. The summed E-state index contributed by atoms with van der Waals surface area (Å²) < 4.78 is 15.5. The van der Waals surface area contributed by atoms with E-state index in [1.54, 1.807) is 48.5 Å². The number of imide groups is 1. The van der Waals surface area contributed by atoms with Crippen LogP contribution >= 0.6 is 0 Å². The molecule has 2 aromatic carbocycles. The number of hydrogen-bond acceptors (Lipinski definition) is 6. The lowest BCUT2D eigenvalue weighted by Gasteiger charge is -2.10. The van der Waals surface area contributed by atoms with Gasteiger partial charge in [-0.05, 0) is 54.4 Å². The van der Waals surface area contributed by atoms with Crippen molar-refractivity contribution in [1.82, 2.24) is 5.32 Å². The van der Waals surface area contributed by atoms with Crippen molar-refractivity contribution in [3.8, 4) is 11.5 Å². The zero-order valence-corrected chi connectivity index (χ0v) is 16.6. The Morgan fingerprint density at radius 2 is 1.55 bits per heavy atom. The second kappa shape index (κ2) is 10.7. The van der Waals surface area contributed by atoms with E-state index >= 15 is 0 Å². The fourth-order valence-electron chi connectivity index (χ4n) is 2.16. The number of benzene rings is 2. The average molecular weight is 400 g/mol. The molecule has 0 radical (unpaired) electrons. The van der Waals surface area contributed by atoms with Crippen LogP contribution in [0.4, 0.5) is 10.5 Å².